The Morgan fingerprint density at radius 2 is 1.67 bits per heavy atom. The first-order valence-corrected chi connectivity index (χ1v) is 12.8. The summed E-state index contributed by atoms with van der Waals surface area (Å²) in [6.45, 7) is 3.41. The number of sulfone groups is 1. The fourth-order valence-corrected chi connectivity index (χ4v) is 7.26. The zero-order chi connectivity index (χ0) is 19.7. The first-order chi connectivity index (χ1) is 12.7. The Balaban J connectivity index is 1.88. The van der Waals surface area contributed by atoms with Gasteiger partial charge in [0.05, 0.1) is 22.4 Å². The van der Waals surface area contributed by atoms with E-state index < -0.39 is 25.9 Å². The molecule has 0 bridgehead atoms. The summed E-state index contributed by atoms with van der Waals surface area (Å²) in [5.74, 6) is 0.327. The van der Waals surface area contributed by atoms with E-state index in [-0.39, 0.29) is 22.8 Å². The highest BCUT2D eigenvalue weighted by molar-refractivity contribution is 7.92. The van der Waals surface area contributed by atoms with E-state index in [4.69, 9.17) is 0 Å². The predicted molar refractivity (Wildman–Crippen MR) is 107 cm³/mol. The molecule has 3 rings (SSSR count). The molecule has 1 heterocycles. The number of hydrogen-bond acceptors (Lipinski definition) is 5. The number of nitrogens with zero attached hydrogens (tertiary/aromatic N) is 2. The van der Waals surface area contributed by atoms with Gasteiger partial charge in [0, 0.05) is 5.71 Å². The van der Waals surface area contributed by atoms with Gasteiger partial charge < -0.3 is 0 Å². The van der Waals surface area contributed by atoms with Crippen molar-refractivity contribution in [3.63, 3.8) is 0 Å². The number of hydrazone groups is 1. The Morgan fingerprint density at radius 3 is 2.19 bits per heavy atom. The van der Waals surface area contributed by atoms with Crippen LogP contribution in [-0.4, -0.2) is 44.5 Å². The molecule has 0 spiro atoms. The van der Waals surface area contributed by atoms with Gasteiger partial charge in [-0.2, -0.15) is 17.9 Å². The Morgan fingerprint density at radius 1 is 1.04 bits per heavy atom. The molecule has 8 heteroatoms. The van der Waals surface area contributed by atoms with Crippen molar-refractivity contribution in [2.24, 2.45) is 5.10 Å². The quantitative estimate of drug-likeness (QED) is 0.549. The molecule has 1 saturated carbocycles. The molecule has 1 atom stereocenters. The van der Waals surface area contributed by atoms with Gasteiger partial charge in [0.25, 0.3) is 10.0 Å². The molecule has 1 saturated heterocycles. The van der Waals surface area contributed by atoms with Crippen LogP contribution in [-0.2, 0) is 19.9 Å². The second-order valence-corrected chi connectivity index (χ2v) is 11.8. The maximum atomic E-state index is 13.2. The third kappa shape index (κ3) is 4.71. The minimum Gasteiger partial charge on any atom is -0.229 e. The monoisotopic (exact) mass is 412 g/mol. The lowest BCUT2D eigenvalue weighted by molar-refractivity contribution is 0.355. The highest BCUT2D eigenvalue weighted by atomic mass is 32.2. The zero-order valence-corrected chi connectivity index (χ0v) is 17.6. The lowest BCUT2D eigenvalue weighted by atomic mass is 9.84. The average Bonchev–Trinajstić information content (AvgIpc) is 3.00. The van der Waals surface area contributed by atoms with Crippen molar-refractivity contribution < 1.29 is 16.8 Å². The number of rotatable bonds is 5. The molecule has 0 aromatic heterocycles. The van der Waals surface area contributed by atoms with Crippen LogP contribution in [0, 0.1) is 0 Å². The van der Waals surface area contributed by atoms with Gasteiger partial charge in [0.2, 0.25) is 0 Å². The van der Waals surface area contributed by atoms with Crippen molar-refractivity contribution >= 4 is 25.6 Å². The molecule has 0 amide bonds. The summed E-state index contributed by atoms with van der Waals surface area (Å²) in [4.78, 5) is 0.163. The standard InChI is InChI=1S/C19H28N2O4S2/c1-15(2)20-21(18-12-13-26(22,23)14-18)27(24,25)19-10-8-17(9-11-19)16-6-4-3-5-7-16/h8-11,16,18H,3-7,12-14H2,1-2H3/t18-/m0/s1. The third-order valence-electron chi connectivity index (χ3n) is 5.32. The average molecular weight is 413 g/mol. The Kier molecular flexibility index (Phi) is 5.96. The van der Waals surface area contributed by atoms with E-state index in [0.717, 1.165) is 17.3 Å². The van der Waals surface area contributed by atoms with Gasteiger partial charge in [-0.25, -0.2) is 8.42 Å². The van der Waals surface area contributed by atoms with Gasteiger partial charge in [-0.3, -0.25) is 0 Å². The first kappa shape index (κ1) is 20.3. The second-order valence-electron chi connectivity index (χ2n) is 7.79. The SMILES string of the molecule is CC(C)=NN([C@H]1CCS(=O)(=O)C1)S(=O)(=O)c1ccc(C2CCCCC2)cc1. The summed E-state index contributed by atoms with van der Waals surface area (Å²) >= 11 is 0. The number of benzene rings is 1. The Labute approximate surface area is 162 Å². The molecule has 1 aliphatic carbocycles. The predicted octanol–water partition coefficient (Wildman–Crippen LogP) is 3.31. The van der Waals surface area contributed by atoms with Gasteiger partial charge in [0.1, 0.15) is 0 Å². The summed E-state index contributed by atoms with van der Waals surface area (Å²) in [5, 5.41) is 4.18. The molecule has 150 valence electrons. The maximum absolute atomic E-state index is 13.2. The van der Waals surface area contributed by atoms with Crippen molar-refractivity contribution in [2.75, 3.05) is 11.5 Å². The van der Waals surface area contributed by atoms with Gasteiger partial charge in [-0.1, -0.05) is 31.4 Å². The minimum absolute atomic E-state index is 0.00257. The van der Waals surface area contributed by atoms with E-state index in [1.807, 2.05) is 12.1 Å². The van der Waals surface area contributed by atoms with Crippen LogP contribution < -0.4 is 0 Å². The van der Waals surface area contributed by atoms with Crippen LogP contribution in [0.2, 0.25) is 0 Å². The largest absolute Gasteiger partial charge is 0.279 e. The molecule has 0 unspecified atom stereocenters. The fourth-order valence-electron chi connectivity index (χ4n) is 3.93. The second kappa shape index (κ2) is 7.91. The van der Waals surface area contributed by atoms with Gasteiger partial charge in [0.15, 0.2) is 9.84 Å². The van der Waals surface area contributed by atoms with Crippen molar-refractivity contribution in [1.82, 2.24) is 4.41 Å². The fraction of sp³-hybridized carbons (Fsp3) is 0.632. The summed E-state index contributed by atoms with van der Waals surface area (Å²) in [7, 11) is -7.11. The van der Waals surface area contributed by atoms with E-state index in [0.29, 0.717) is 11.6 Å². The minimum atomic E-state index is -3.90. The molecule has 1 aromatic rings. The third-order valence-corrected chi connectivity index (χ3v) is 8.81. The number of hydrogen-bond donors (Lipinski definition) is 0. The van der Waals surface area contributed by atoms with Crippen LogP contribution in [0.15, 0.2) is 34.3 Å². The van der Waals surface area contributed by atoms with E-state index >= 15 is 0 Å². The molecule has 0 radical (unpaired) electrons. The van der Waals surface area contributed by atoms with Crippen LogP contribution in [0.3, 0.4) is 0 Å². The summed E-state index contributed by atoms with van der Waals surface area (Å²) < 4.78 is 51.1. The van der Waals surface area contributed by atoms with Crippen molar-refractivity contribution in [3.05, 3.63) is 29.8 Å². The van der Waals surface area contributed by atoms with Crippen molar-refractivity contribution in [1.29, 1.82) is 0 Å². The molecular formula is C19H28N2O4S2. The van der Waals surface area contributed by atoms with Gasteiger partial charge in [-0.05, 0) is 56.7 Å². The maximum Gasteiger partial charge on any atom is 0.279 e. The zero-order valence-electron chi connectivity index (χ0n) is 16.0. The highest BCUT2D eigenvalue weighted by Crippen LogP contribution is 2.33. The van der Waals surface area contributed by atoms with Crippen molar-refractivity contribution in [3.8, 4) is 0 Å². The molecule has 27 heavy (non-hydrogen) atoms. The van der Waals surface area contributed by atoms with Crippen molar-refractivity contribution in [2.45, 2.75) is 69.2 Å². The van der Waals surface area contributed by atoms with E-state index in [2.05, 4.69) is 5.10 Å². The summed E-state index contributed by atoms with van der Waals surface area (Å²) in [5.41, 5.74) is 1.75. The van der Waals surface area contributed by atoms with Crippen LogP contribution in [0.1, 0.15) is 63.9 Å². The smallest absolute Gasteiger partial charge is 0.229 e. The highest BCUT2D eigenvalue weighted by Gasteiger charge is 2.38. The lowest BCUT2D eigenvalue weighted by Gasteiger charge is -2.26. The van der Waals surface area contributed by atoms with Crippen LogP contribution in [0.5, 0.6) is 0 Å². The van der Waals surface area contributed by atoms with Gasteiger partial charge in [-0.15, -0.1) is 0 Å². The number of sulfonamides is 1. The van der Waals surface area contributed by atoms with Crippen LogP contribution in [0.4, 0.5) is 0 Å². The molecule has 2 fully saturated rings. The lowest BCUT2D eigenvalue weighted by Crippen LogP contribution is -2.37. The molecule has 6 nitrogen and oxygen atoms in total. The molecule has 1 aliphatic heterocycles. The molecule has 2 aliphatic rings. The van der Waals surface area contributed by atoms with Crippen LogP contribution in [0.25, 0.3) is 0 Å². The van der Waals surface area contributed by atoms with E-state index in [1.165, 1.54) is 24.8 Å². The Hall–Kier alpha value is -1.41. The molecule has 1 aromatic carbocycles. The van der Waals surface area contributed by atoms with E-state index in [9.17, 15) is 16.8 Å². The molecular weight excluding hydrogens is 384 g/mol. The Bertz CT molecular complexity index is 896. The van der Waals surface area contributed by atoms with E-state index in [1.54, 1.807) is 26.0 Å². The van der Waals surface area contributed by atoms with Crippen LogP contribution >= 0.6 is 0 Å². The molecule has 0 N–H and O–H groups in total. The summed E-state index contributed by atoms with van der Waals surface area (Å²) in [6, 6.07) is 6.42. The normalized spacial score (nSPS) is 23.1. The summed E-state index contributed by atoms with van der Waals surface area (Å²) in [6.07, 6.45) is 6.29. The topological polar surface area (TPSA) is 83.9 Å². The first-order valence-electron chi connectivity index (χ1n) is 9.56. The van der Waals surface area contributed by atoms with Gasteiger partial charge >= 0.3 is 0 Å².